The van der Waals surface area contributed by atoms with Crippen molar-refractivity contribution in [1.29, 1.82) is 0 Å². The van der Waals surface area contributed by atoms with Gasteiger partial charge in [-0.15, -0.1) is 0 Å². The summed E-state index contributed by atoms with van der Waals surface area (Å²) in [6.45, 7) is 0. The number of hydrogen-bond donors (Lipinski definition) is 2. The highest BCUT2D eigenvalue weighted by Crippen LogP contribution is 2.14. The van der Waals surface area contributed by atoms with E-state index in [1.165, 1.54) is 0 Å². The quantitative estimate of drug-likeness (QED) is 0.510. The molecule has 0 spiro atoms. The van der Waals surface area contributed by atoms with Crippen molar-refractivity contribution < 1.29 is 4.74 Å². The molecule has 6 nitrogen and oxygen atoms in total. The molecule has 1 aromatic carbocycles. The molecule has 0 bridgehead atoms. The Balaban J connectivity index is 1.84. The van der Waals surface area contributed by atoms with E-state index in [0.717, 1.165) is 17.0 Å². The van der Waals surface area contributed by atoms with Crippen LogP contribution in [-0.4, -0.2) is 28.2 Å². The van der Waals surface area contributed by atoms with Crippen molar-refractivity contribution >= 4 is 29.2 Å². The van der Waals surface area contributed by atoms with Crippen LogP contribution < -0.4 is 15.5 Å². The first-order valence-electron chi connectivity index (χ1n) is 5.90. The summed E-state index contributed by atoms with van der Waals surface area (Å²) in [4.78, 5) is 0. The molecule has 0 aliphatic carbocycles. The lowest BCUT2D eigenvalue weighted by atomic mass is 10.3. The lowest BCUT2D eigenvalue weighted by molar-refractivity contribution is 0.415. The zero-order valence-electron chi connectivity index (χ0n) is 11.2. The van der Waals surface area contributed by atoms with Gasteiger partial charge in [-0.2, -0.15) is 10.2 Å². The number of hydrogen-bond acceptors (Lipinski definition) is 4. The minimum atomic E-state index is 0.412. The SMILES string of the molecule is COc1ccc(NC(=S)N/N=C/c2cnn(C)c2)cc1. The average Bonchev–Trinajstić information content (AvgIpc) is 2.85. The molecule has 104 valence electrons. The Morgan fingerprint density at radius 1 is 1.40 bits per heavy atom. The van der Waals surface area contributed by atoms with E-state index in [2.05, 4.69) is 20.9 Å². The summed E-state index contributed by atoms with van der Waals surface area (Å²) in [6, 6.07) is 7.45. The molecular formula is C13H15N5OS. The van der Waals surface area contributed by atoms with E-state index in [-0.39, 0.29) is 0 Å². The molecule has 2 rings (SSSR count). The molecule has 0 fully saturated rings. The Bertz CT molecular complexity index is 605. The summed E-state index contributed by atoms with van der Waals surface area (Å²) >= 11 is 5.13. The minimum Gasteiger partial charge on any atom is -0.497 e. The lowest BCUT2D eigenvalue weighted by Gasteiger charge is -2.07. The Labute approximate surface area is 122 Å². The predicted molar refractivity (Wildman–Crippen MR) is 83.2 cm³/mol. The van der Waals surface area contributed by atoms with Crippen LogP contribution >= 0.6 is 12.2 Å². The molecule has 20 heavy (non-hydrogen) atoms. The van der Waals surface area contributed by atoms with Gasteiger partial charge in [0.25, 0.3) is 0 Å². The maximum absolute atomic E-state index is 5.13. The van der Waals surface area contributed by atoms with Crippen LogP contribution in [0.4, 0.5) is 5.69 Å². The van der Waals surface area contributed by atoms with E-state index < -0.39 is 0 Å². The molecule has 2 N–H and O–H groups in total. The molecule has 0 atom stereocenters. The number of nitrogens with zero attached hydrogens (tertiary/aromatic N) is 3. The average molecular weight is 289 g/mol. The van der Waals surface area contributed by atoms with Crippen LogP contribution in [0.5, 0.6) is 5.75 Å². The summed E-state index contributed by atoms with van der Waals surface area (Å²) in [5.74, 6) is 0.795. The topological polar surface area (TPSA) is 63.5 Å². The normalized spacial score (nSPS) is 10.5. The molecule has 0 aliphatic rings. The van der Waals surface area contributed by atoms with Crippen LogP contribution in [0.3, 0.4) is 0 Å². The number of anilines is 1. The van der Waals surface area contributed by atoms with Crippen LogP contribution in [0.2, 0.25) is 0 Å². The number of hydrazone groups is 1. The number of aryl methyl sites for hydroxylation is 1. The minimum absolute atomic E-state index is 0.412. The summed E-state index contributed by atoms with van der Waals surface area (Å²) in [6.07, 6.45) is 5.21. The van der Waals surface area contributed by atoms with Crippen molar-refractivity contribution in [3.8, 4) is 5.75 Å². The van der Waals surface area contributed by atoms with Gasteiger partial charge in [0.1, 0.15) is 5.75 Å². The molecule has 0 unspecified atom stereocenters. The van der Waals surface area contributed by atoms with Gasteiger partial charge >= 0.3 is 0 Å². The van der Waals surface area contributed by atoms with Crippen LogP contribution in [0.15, 0.2) is 41.8 Å². The van der Waals surface area contributed by atoms with E-state index in [4.69, 9.17) is 17.0 Å². The summed E-state index contributed by atoms with van der Waals surface area (Å²) in [7, 11) is 3.47. The third-order valence-corrected chi connectivity index (χ3v) is 2.65. The maximum atomic E-state index is 5.13. The number of ether oxygens (including phenoxy) is 1. The van der Waals surface area contributed by atoms with Crippen molar-refractivity contribution in [3.05, 3.63) is 42.2 Å². The first-order valence-corrected chi connectivity index (χ1v) is 6.31. The Morgan fingerprint density at radius 3 is 2.75 bits per heavy atom. The molecule has 7 heteroatoms. The van der Waals surface area contributed by atoms with Gasteiger partial charge in [0.15, 0.2) is 5.11 Å². The van der Waals surface area contributed by atoms with Crippen molar-refractivity contribution in [2.24, 2.45) is 12.1 Å². The van der Waals surface area contributed by atoms with Gasteiger partial charge in [-0.05, 0) is 36.5 Å². The van der Waals surface area contributed by atoms with E-state index in [1.807, 2.05) is 37.5 Å². The van der Waals surface area contributed by atoms with E-state index >= 15 is 0 Å². The fraction of sp³-hybridized carbons (Fsp3) is 0.154. The van der Waals surface area contributed by atoms with E-state index in [9.17, 15) is 0 Å². The summed E-state index contributed by atoms with van der Waals surface area (Å²) < 4.78 is 6.79. The van der Waals surface area contributed by atoms with Crippen LogP contribution in [0, 0.1) is 0 Å². The molecule has 0 amide bonds. The Kier molecular flexibility index (Phi) is 4.67. The number of rotatable bonds is 4. The molecule has 0 aliphatic heterocycles. The number of nitrogens with one attached hydrogen (secondary N) is 2. The second-order valence-electron chi connectivity index (χ2n) is 4.00. The molecule has 1 aromatic heterocycles. The summed E-state index contributed by atoms with van der Waals surface area (Å²) in [5.41, 5.74) is 4.50. The van der Waals surface area contributed by atoms with Gasteiger partial charge in [-0.3, -0.25) is 10.1 Å². The Hall–Kier alpha value is -2.41. The van der Waals surface area contributed by atoms with E-state index in [1.54, 1.807) is 24.2 Å². The number of benzene rings is 1. The molecule has 0 radical (unpaired) electrons. The Morgan fingerprint density at radius 2 is 2.15 bits per heavy atom. The lowest BCUT2D eigenvalue weighted by Crippen LogP contribution is -2.23. The zero-order chi connectivity index (χ0) is 14.4. The second kappa shape index (κ2) is 6.67. The van der Waals surface area contributed by atoms with Gasteiger partial charge in [-0.25, -0.2) is 0 Å². The van der Waals surface area contributed by atoms with Gasteiger partial charge in [0.05, 0.1) is 19.5 Å². The van der Waals surface area contributed by atoms with Gasteiger partial charge in [0.2, 0.25) is 0 Å². The molecule has 1 heterocycles. The number of methoxy groups -OCH3 is 1. The second-order valence-corrected chi connectivity index (χ2v) is 4.41. The molecule has 0 saturated carbocycles. The fourth-order valence-electron chi connectivity index (χ4n) is 1.51. The highest BCUT2D eigenvalue weighted by atomic mass is 32.1. The number of aromatic nitrogens is 2. The zero-order valence-corrected chi connectivity index (χ0v) is 12.0. The van der Waals surface area contributed by atoms with Crippen molar-refractivity contribution in [3.63, 3.8) is 0 Å². The van der Waals surface area contributed by atoms with Crippen molar-refractivity contribution in [2.75, 3.05) is 12.4 Å². The highest BCUT2D eigenvalue weighted by Gasteiger charge is 1.97. The van der Waals surface area contributed by atoms with Crippen molar-refractivity contribution in [2.45, 2.75) is 0 Å². The number of thiocarbonyl (C=S) groups is 1. The predicted octanol–water partition coefficient (Wildman–Crippen LogP) is 1.75. The summed E-state index contributed by atoms with van der Waals surface area (Å²) in [5, 5.41) is 11.5. The highest BCUT2D eigenvalue weighted by molar-refractivity contribution is 7.80. The monoisotopic (exact) mass is 289 g/mol. The molecule has 2 aromatic rings. The standard InChI is InChI=1S/C13H15N5OS/c1-18-9-10(8-15-18)7-14-17-13(20)16-11-3-5-12(19-2)6-4-11/h3-9H,1-2H3,(H2,16,17,20)/b14-7+. The van der Waals surface area contributed by atoms with Gasteiger partial charge in [-0.1, -0.05) is 0 Å². The molecular weight excluding hydrogens is 274 g/mol. The van der Waals surface area contributed by atoms with Crippen LogP contribution in [0.1, 0.15) is 5.56 Å². The van der Waals surface area contributed by atoms with E-state index in [0.29, 0.717) is 5.11 Å². The smallest absolute Gasteiger partial charge is 0.191 e. The first-order chi connectivity index (χ1) is 9.67. The third-order valence-electron chi connectivity index (χ3n) is 2.45. The fourth-order valence-corrected chi connectivity index (χ4v) is 1.68. The maximum Gasteiger partial charge on any atom is 0.191 e. The van der Waals surface area contributed by atoms with Gasteiger partial charge < -0.3 is 10.1 Å². The van der Waals surface area contributed by atoms with Gasteiger partial charge in [0, 0.05) is 24.5 Å². The van der Waals surface area contributed by atoms with Crippen LogP contribution in [0.25, 0.3) is 0 Å². The largest absolute Gasteiger partial charge is 0.497 e. The molecule has 0 saturated heterocycles. The van der Waals surface area contributed by atoms with Crippen LogP contribution in [-0.2, 0) is 7.05 Å². The van der Waals surface area contributed by atoms with Crippen molar-refractivity contribution in [1.82, 2.24) is 15.2 Å². The third kappa shape index (κ3) is 4.06. The first kappa shape index (κ1) is 14.0.